The van der Waals surface area contributed by atoms with Gasteiger partial charge in [-0.1, -0.05) is 0 Å². The molecule has 1 aliphatic heterocycles. The second-order valence-electron chi connectivity index (χ2n) is 4.19. The van der Waals surface area contributed by atoms with Crippen molar-refractivity contribution in [1.82, 2.24) is 10.2 Å². The molecule has 1 aliphatic rings. The number of nitrogens with one attached hydrogen (secondary N) is 1. The molecule has 0 radical (unpaired) electrons. The summed E-state index contributed by atoms with van der Waals surface area (Å²) in [5.74, 6) is -0.829. The van der Waals surface area contributed by atoms with Crippen LogP contribution in [0, 0.1) is 0 Å². The molecular weight excluding hydrogens is 241 g/mol. The Morgan fingerprint density at radius 3 is 2.53 bits per heavy atom. The summed E-state index contributed by atoms with van der Waals surface area (Å²) in [6.07, 6.45) is -4.73. The zero-order valence-electron chi connectivity index (χ0n) is 9.43. The second-order valence-corrected chi connectivity index (χ2v) is 4.19. The maximum absolute atomic E-state index is 11.7. The summed E-state index contributed by atoms with van der Waals surface area (Å²) < 4.78 is 38.8. The van der Waals surface area contributed by atoms with Gasteiger partial charge >= 0.3 is 6.36 Å². The van der Waals surface area contributed by atoms with Crippen LogP contribution in [0.4, 0.5) is 13.2 Å². The third-order valence-electron chi connectivity index (χ3n) is 2.24. The van der Waals surface area contributed by atoms with E-state index in [9.17, 15) is 22.8 Å². The van der Waals surface area contributed by atoms with Gasteiger partial charge in [0, 0.05) is 6.54 Å². The summed E-state index contributed by atoms with van der Waals surface area (Å²) in [6, 6.07) is 0. The van der Waals surface area contributed by atoms with Crippen molar-refractivity contribution in [1.29, 1.82) is 0 Å². The van der Waals surface area contributed by atoms with Crippen LogP contribution in [0.3, 0.4) is 0 Å². The van der Waals surface area contributed by atoms with Crippen molar-refractivity contribution in [3.05, 3.63) is 0 Å². The molecule has 0 aromatic rings. The van der Waals surface area contributed by atoms with E-state index >= 15 is 0 Å². The normalized spacial score (nSPS) is 20.4. The van der Waals surface area contributed by atoms with Gasteiger partial charge in [0.1, 0.15) is 5.54 Å². The third-order valence-corrected chi connectivity index (χ3v) is 2.24. The highest BCUT2D eigenvalue weighted by atomic mass is 19.4. The molecule has 0 bridgehead atoms. The van der Waals surface area contributed by atoms with Crippen molar-refractivity contribution in [3.8, 4) is 0 Å². The Bertz CT molecular complexity index is 328. The molecule has 8 heteroatoms. The minimum atomic E-state index is -4.73. The monoisotopic (exact) mass is 254 g/mol. The van der Waals surface area contributed by atoms with Crippen LogP contribution in [0.15, 0.2) is 0 Å². The largest absolute Gasteiger partial charge is 0.522 e. The summed E-state index contributed by atoms with van der Waals surface area (Å²) in [5.41, 5.74) is -1.09. The highest BCUT2D eigenvalue weighted by Gasteiger charge is 2.39. The number of piperazine rings is 1. The number of ether oxygens (including phenoxy) is 1. The van der Waals surface area contributed by atoms with Gasteiger partial charge in [-0.25, -0.2) is 0 Å². The van der Waals surface area contributed by atoms with Gasteiger partial charge < -0.3 is 10.2 Å². The lowest BCUT2D eigenvalue weighted by Crippen LogP contribution is -2.64. The molecule has 0 spiro atoms. The van der Waals surface area contributed by atoms with Gasteiger partial charge in [-0.2, -0.15) is 0 Å². The van der Waals surface area contributed by atoms with Crippen LogP contribution in [0.1, 0.15) is 13.8 Å². The molecule has 1 N–H and O–H groups in total. The van der Waals surface area contributed by atoms with Crippen molar-refractivity contribution in [2.75, 3.05) is 19.7 Å². The van der Waals surface area contributed by atoms with Gasteiger partial charge in [-0.15, -0.1) is 13.2 Å². The number of halogens is 3. The van der Waals surface area contributed by atoms with E-state index in [2.05, 4.69) is 10.1 Å². The van der Waals surface area contributed by atoms with Crippen molar-refractivity contribution in [3.63, 3.8) is 0 Å². The first-order chi connectivity index (χ1) is 7.62. The average molecular weight is 254 g/mol. The molecule has 98 valence electrons. The predicted molar refractivity (Wildman–Crippen MR) is 50.8 cm³/mol. The van der Waals surface area contributed by atoms with E-state index in [-0.39, 0.29) is 13.1 Å². The molecule has 17 heavy (non-hydrogen) atoms. The van der Waals surface area contributed by atoms with Gasteiger partial charge in [0.25, 0.3) is 0 Å². The first kappa shape index (κ1) is 13.8. The molecule has 5 nitrogen and oxygen atoms in total. The molecule has 2 amide bonds. The first-order valence-electron chi connectivity index (χ1n) is 4.93. The summed E-state index contributed by atoms with van der Waals surface area (Å²) in [5, 5.41) is 2.45. The predicted octanol–water partition coefficient (Wildman–Crippen LogP) is 0.260. The van der Waals surface area contributed by atoms with Crippen LogP contribution in [-0.2, 0) is 14.3 Å². The standard InChI is InChI=1S/C9H13F3N2O3/c1-8(2)7(16)14(5-6(15)13-8)3-4-17-9(10,11)12/h3-5H2,1-2H3,(H,13,15). The molecule has 1 rings (SSSR count). The quantitative estimate of drug-likeness (QED) is 0.786. The summed E-state index contributed by atoms with van der Waals surface area (Å²) in [7, 11) is 0. The molecule has 1 fully saturated rings. The van der Waals surface area contributed by atoms with Gasteiger partial charge in [-0.3, -0.25) is 14.3 Å². The molecule has 1 heterocycles. The number of amides is 2. The smallest absolute Gasteiger partial charge is 0.341 e. The Kier molecular flexibility index (Phi) is 3.65. The van der Waals surface area contributed by atoms with Gasteiger partial charge in [-0.05, 0) is 13.8 Å². The van der Waals surface area contributed by atoms with Crippen molar-refractivity contribution in [2.45, 2.75) is 25.7 Å². The van der Waals surface area contributed by atoms with Gasteiger partial charge in [0.15, 0.2) is 0 Å². The Hall–Kier alpha value is -1.31. The topological polar surface area (TPSA) is 58.6 Å². The molecule has 0 aromatic heterocycles. The molecule has 0 aliphatic carbocycles. The number of alkyl halides is 3. The van der Waals surface area contributed by atoms with Crippen molar-refractivity contribution in [2.24, 2.45) is 0 Å². The van der Waals surface area contributed by atoms with E-state index in [1.807, 2.05) is 0 Å². The Morgan fingerprint density at radius 2 is 2.00 bits per heavy atom. The molecule has 0 aromatic carbocycles. The molecule has 0 unspecified atom stereocenters. The van der Waals surface area contributed by atoms with E-state index in [1.54, 1.807) is 0 Å². The second kappa shape index (κ2) is 4.52. The summed E-state index contributed by atoms with van der Waals surface area (Å²) >= 11 is 0. The van der Waals surface area contributed by atoms with Crippen molar-refractivity contribution < 1.29 is 27.5 Å². The molecule has 0 saturated carbocycles. The number of hydrogen-bond donors (Lipinski definition) is 1. The molecule has 1 saturated heterocycles. The average Bonchev–Trinajstić information content (AvgIpc) is 2.10. The highest BCUT2D eigenvalue weighted by molar-refractivity contribution is 5.97. The van der Waals surface area contributed by atoms with E-state index in [0.29, 0.717) is 0 Å². The van der Waals surface area contributed by atoms with Crippen molar-refractivity contribution >= 4 is 11.8 Å². The number of hydrogen-bond acceptors (Lipinski definition) is 3. The van der Waals surface area contributed by atoms with Crippen LogP contribution in [-0.4, -0.2) is 48.3 Å². The Labute approximate surface area is 95.9 Å². The van der Waals surface area contributed by atoms with E-state index < -0.39 is 30.3 Å². The molecular formula is C9H13F3N2O3. The minimum absolute atomic E-state index is 0.247. The maximum atomic E-state index is 11.7. The van der Waals surface area contributed by atoms with Crippen LogP contribution in [0.2, 0.25) is 0 Å². The molecule has 0 atom stereocenters. The third kappa shape index (κ3) is 3.88. The highest BCUT2D eigenvalue weighted by Crippen LogP contribution is 2.17. The van der Waals surface area contributed by atoms with Gasteiger partial charge in [0.05, 0.1) is 13.2 Å². The van der Waals surface area contributed by atoms with Crippen LogP contribution >= 0.6 is 0 Å². The fourth-order valence-electron chi connectivity index (χ4n) is 1.53. The number of carbonyl (C=O) groups is 2. The van der Waals surface area contributed by atoms with E-state index in [4.69, 9.17) is 0 Å². The van der Waals surface area contributed by atoms with Gasteiger partial charge in [0.2, 0.25) is 11.8 Å². The number of rotatable bonds is 3. The minimum Gasteiger partial charge on any atom is -0.341 e. The van der Waals surface area contributed by atoms with Crippen LogP contribution < -0.4 is 5.32 Å². The van der Waals surface area contributed by atoms with E-state index in [0.717, 1.165) is 4.90 Å². The SMILES string of the molecule is CC1(C)NC(=O)CN(CCOC(F)(F)F)C1=O. The fourth-order valence-corrected chi connectivity index (χ4v) is 1.53. The lowest BCUT2D eigenvalue weighted by atomic mass is 10.0. The summed E-state index contributed by atoms with van der Waals surface area (Å²) in [6.45, 7) is 1.78. The van der Waals surface area contributed by atoms with Crippen LogP contribution in [0.5, 0.6) is 0 Å². The van der Waals surface area contributed by atoms with E-state index in [1.165, 1.54) is 13.8 Å². The Morgan fingerprint density at radius 1 is 1.41 bits per heavy atom. The lowest BCUT2D eigenvalue weighted by Gasteiger charge is -2.37. The number of carbonyl (C=O) groups excluding carboxylic acids is 2. The van der Waals surface area contributed by atoms with Crippen LogP contribution in [0.25, 0.3) is 0 Å². The first-order valence-corrected chi connectivity index (χ1v) is 4.93. The number of nitrogens with zero attached hydrogens (tertiary/aromatic N) is 1. The summed E-state index contributed by atoms with van der Waals surface area (Å²) in [4.78, 5) is 24.0. The zero-order valence-corrected chi connectivity index (χ0v) is 9.43. The fraction of sp³-hybridized carbons (Fsp3) is 0.778. The maximum Gasteiger partial charge on any atom is 0.522 e. The Balaban J connectivity index is 2.53. The zero-order chi connectivity index (χ0) is 13.3. The lowest BCUT2D eigenvalue weighted by molar-refractivity contribution is -0.324.